The number of thioether (sulfide) groups is 1. The minimum atomic E-state index is 0.112. The van der Waals surface area contributed by atoms with Crippen molar-refractivity contribution < 1.29 is 5.11 Å². The fourth-order valence-electron chi connectivity index (χ4n) is 2.24. The van der Waals surface area contributed by atoms with Crippen LogP contribution < -0.4 is 0 Å². The second-order valence-corrected chi connectivity index (χ2v) is 6.40. The Hall–Kier alpha value is -0.730. The maximum absolute atomic E-state index is 8.96. The van der Waals surface area contributed by atoms with E-state index in [2.05, 4.69) is 39.0 Å². The van der Waals surface area contributed by atoms with E-state index in [0.29, 0.717) is 0 Å². The predicted molar refractivity (Wildman–Crippen MR) is 75.5 cm³/mol. The van der Waals surface area contributed by atoms with E-state index in [0.717, 1.165) is 5.57 Å². The van der Waals surface area contributed by atoms with Crippen LogP contribution in [0.3, 0.4) is 0 Å². The first-order valence-electron chi connectivity index (χ1n) is 6.10. The monoisotopic (exact) mass is 248 g/mol. The molecule has 0 saturated carbocycles. The first-order valence-corrected chi connectivity index (χ1v) is 7.08. The van der Waals surface area contributed by atoms with Crippen LogP contribution in [0.4, 0.5) is 0 Å². The molecule has 1 aliphatic rings. The van der Waals surface area contributed by atoms with Gasteiger partial charge in [-0.15, -0.1) is 11.8 Å². The average molecular weight is 248 g/mol. The molecular weight excluding hydrogens is 228 g/mol. The van der Waals surface area contributed by atoms with Crippen molar-refractivity contribution in [3.05, 3.63) is 35.4 Å². The van der Waals surface area contributed by atoms with Crippen LogP contribution in [0, 0.1) is 0 Å². The van der Waals surface area contributed by atoms with Crippen molar-refractivity contribution in [1.82, 2.24) is 0 Å². The fraction of sp³-hybridized carbons (Fsp3) is 0.467. The van der Waals surface area contributed by atoms with Gasteiger partial charge in [0.25, 0.3) is 0 Å². The molecule has 0 aliphatic carbocycles. The molecule has 1 aromatic rings. The lowest BCUT2D eigenvalue weighted by atomic mass is 9.80. The highest BCUT2D eigenvalue weighted by Crippen LogP contribution is 2.42. The van der Waals surface area contributed by atoms with Crippen LogP contribution in [0.1, 0.15) is 38.3 Å². The molecule has 0 fully saturated rings. The van der Waals surface area contributed by atoms with E-state index in [4.69, 9.17) is 5.11 Å². The van der Waals surface area contributed by atoms with Gasteiger partial charge in [-0.25, -0.2) is 0 Å². The largest absolute Gasteiger partial charge is 0.392 e. The normalized spacial score (nSPS) is 18.9. The molecule has 0 bridgehead atoms. The summed E-state index contributed by atoms with van der Waals surface area (Å²) >= 11 is 1.96. The van der Waals surface area contributed by atoms with Gasteiger partial charge in [-0.1, -0.05) is 26.0 Å². The lowest BCUT2D eigenvalue weighted by Crippen LogP contribution is -2.22. The van der Waals surface area contributed by atoms with Crippen LogP contribution in [0.2, 0.25) is 0 Å². The molecule has 0 unspecified atom stereocenters. The Morgan fingerprint density at radius 2 is 2.24 bits per heavy atom. The molecule has 1 heterocycles. The zero-order chi connectivity index (χ0) is 12.5. The van der Waals surface area contributed by atoms with Crippen LogP contribution >= 0.6 is 11.8 Å². The molecule has 1 aliphatic heterocycles. The summed E-state index contributed by atoms with van der Waals surface area (Å²) in [6.07, 6.45) is 3.10. The smallest absolute Gasteiger partial charge is 0.0618 e. The quantitative estimate of drug-likeness (QED) is 0.857. The molecule has 0 radical (unpaired) electrons. The Labute approximate surface area is 108 Å². The molecule has 2 rings (SSSR count). The highest BCUT2D eigenvalue weighted by Gasteiger charge is 2.27. The molecule has 92 valence electrons. The van der Waals surface area contributed by atoms with Gasteiger partial charge in [0, 0.05) is 4.90 Å². The zero-order valence-corrected chi connectivity index (χ0v) is 11.6. The Morgan fingerprint density at radius 3 is 2.94 bits per heavy atom. The van der Waals surface area contributed by atoms with Crippen molar-refractivity contribution in [2.45, 2.75) is 37.5 Å². The summed E-state index contributed by atoms with van der Waals surface area (Å²) in [7, 11) is 0. The van der Waals surface area contributed by atoms with Gasteiger partial charge in [0.05, 0.1) is 6.61 Å². The highest BCUT2D eigenvalue weighted by atomic mass is 32.2. The topological polar surface area (TPSA) is 20.2 Å². The van der Waals surface area contributed by atoms with Crippen molar-refractivity contribution in [1.29, 1.82) is 0 Å². The van der Waals surface area contributed by atoms with Gasteiger partial charge in [0.15, 0.2) is 0 Å². The van der Waals surface area contributed by atoms with Crippen LogP contribution in [0.5, 0.6) is 0 Å². The number of aliphatic hydroxyl groups excluding tert-OH is 1. The Balaban J connectivity index is 2.45. The Bertz CT molecular complexity index is 446. The Morgan fingerprint density at radius 1 is 1.47 bits per heavy atom. The van der Waals surface area contributed by atoms with Gasteiger partial charge in [0.1, 0.15) is 0 Å². The Kier molecular flexibility index (Phi) is 3.64. The molecule has 0 spiro atoms. The van der Waals surface area contributed by atoms with E-state index in [9.17, 15) is 0 Å². The SMILES string of the molecule is CC(=CCO)c1ccc2c(c1)C(C)(C)CCS2. The summed E-state index contributed by atoms with van der Waals surface area (Å²) in [6, 6.07) is 6.68. The molecule has 1 nitrogen and oxygen atoms in total. The van der Waals surface area contributed by atoms with E-state index < -0.39 is 0 Å². The van der Waals surface area contributed by atoms with Gasteiger partial charge in [-0.3, -0.25) is 0 Å². The predicted octanol–water partition coefficient (Wildman–Crippen LogP) is 3.86. The summed E-state index contributed by atoms with van der Waals surface area (Å²) in [5.41, 5.74) is 4.11. The molecule has 0 saturated heterocycles. The fourth-order valence-corrected chi connectivity index (χ4v) is 3.72. The van der Waals surface area contributed by atoms with Gasteiger partial charge in [-0.2, -0.15) is 0 Å². The lowest BCUT2D eigenvalue weighted by molar-refractivity contribution is 0.343. The molecular formula is C15H20OS. The zero-order valence-electron chi connectivity index (χ0n) is 10.8. The van der Waals surface area contributed by atoms with Gasteiger partial charge in [0.2, 0.25) is 0 Å². The standard InChI is InChI=1S/C15H20OS/c1-11(6-8-16)12-4-5-14-13(10-12)15(2,3)7-9-17-14/h4-6,10,16H,7-9H2,1-3H3. The van der Waals surface area contributed by atoms with E-state index >= 15 is 0 Å². The average Bonchev–Trinajstić information content (AvgIpc) is 2.29. The highest BCUT2D eigenvalue weighted by molar-refractivity contribution is 7.99. The van der Waals surface area contributed by atoms with Crippen LogP contribution in [-0.4, -0.2) is 17.5 Å². The van der Waals surface area contributed by atoms with Crippen LogP contribution in [0.25, 0.3) is 5.57 Å². The first-order chi connectivity index (χ1) is 8.04. The number of aliphatic hydroxyl groups is 1. The molecule has 0 atom stereocenters. The van der Waals surface area contributed by atoms with Crippen molar-refractivity contribution in [2.75, 3.05) is 12.4 Å². The lowest BCUT2D eigenvalue weighted by Gasteiger charge is -2.32. The van der Waals surface area contributed by atoms with E-state index in [1.54, 1.807) is 0 Å². The van der Waals surface area contributed by atoms with E-state index in [1.165, 1.54) is 28.2 Å². The molecule has 17 heavy (non-hydrogen) atoms. The molecule has 0 amide bonds. The van der Waals surface area contributed by atoms with Crippen molar-refractivity contribution in [3.63, 3.8) is 0 Å². The van der Waals surface area contributed by atoms with E-state index in [1.807, 2.05) is 17.8 Å². The number of allylic oxidation sites excluding steroid dienone is 1. The summed E-state index contributed by atoms with van der Waals surface area (Å²) in [5, 5.41) is 8.96. The van der Waals surface area contributed by atoms with E-state index in [-0.39, 0.29) is 12.0 Å². The van der Waals surface area contributed by atoms with Gasteiger partial charge in [-0.05, 0) is 53.3 Å². The van der Waals surface area contributed by atoms with Crippen molar-refractivity contribution in [3.8, 4) is 0 Å². The molecule has 2 heteroatoms. The van der Waals surface area contributed by atoms with Crippen LogP contribution in [-0.2, 0) is 5.41 Å². The molecule has 1 N–H and O–H groups in total. The number of benzene rings is 1. The number of rotatable bonds is 2. The summed E-state index contributed by atoms with van der Waals surface area (Å²) < 4.78 is 0. The minimum absolute atomic E-state index is 0.112. The number of hydrogen-bond donors (Lipinski definition) is 1. The second-order valence-electron chi connectivity index (χ2n) is 5.26. The van der Waals surface area contributed by atoms with Gasteiger partial charge < -0.3 is 5.11 Å². The third-order valence-electron chi connectivity index (χ3n) is 3.55. The third-order valence-corrected chi connectivity index (χ3v) is 4.62. The van der Waals surface area contributed by atoms with Crippen LogP contribution in [0.15, 0.2) is 29.2 Å². The number of hydrogen-bond acceptors (Lipinski definition) is 2. The maximum atomic E-state index is 8.96. The maximum Gasteiger partial charge on any atom is 0.0618 e. The molecule has 0 aromatic heterocycles. The minimum Gasteiger partial charge on any atom is -0.392 e. The summed E-state index contributed by atoms with van der Waals surface area (Å²) in [5.74, 6) is 1.21. The third kappa shape index (κ3) is 2.58. The molecule has 1 aromatic carbocycles. The van der Waals surface area contributed by atoms with Crippen molar-refractivity contribution in [2.24, 2.45) is 0 Å². The summed E-state index contributed by atoms with van der Waals surface area (Å²) in [4.78, 5) is 1.42. The summed E-state index contributed by atoms with van der Waals surface area (Å²) in [6.45, 7) is 6.81. The van der Waals surface area contributed by atoms with Gasteiger partial charge >= 0.3 is 0 Å². The van der Waals surface area contributed by atoms with Crippen molar-refractivity contribution >= 4 is 17.3 Å². The number of fused-ring (bicyclic) bond motifs is 1. The first kappa shape index (κ1) is 12.7. The second kappa shape index (κ2) is 4.87.